The van der Waals surface area contributed by atoms with Crippen LogP contribution in [-0.4, -0.2) is 5.11 Å². The Hall–Kier alpha value is -0.840. The summed E-state index contributed by atoms with van der Waals surface area (Å²) >= 11 is 6.89. The molecule has 2 rings (SSSR count). The third kappa shape index (κ3) is 4.06. The molecule has 1 unspecified atom stereocenters. The third-order valence-corrected chi connectivity index (χ3v) is 3.98. The summed E-state index contributed by atoms with van der Waals surface area (Å²) in [6.45, 7) is 2.73. The van der Waals surface area contributed by atoms with Crippen molar-refractivity contribution >= 4 is 31.9 Å². The molecule has 0 aromatic heterocycles. The SMILES string of the molecule is CC(NCc1cc(Br)ccc1O)c1cccc(Br)c1. The normalized spacial score (nSPS) is 12.4. The first-order valence-electron chi connectivity index (χ1n) is 6.02. The van der Waals surface area contributed by atoms with E-state index in [1.165, 1.54) is 5.56 Å². The molecule has 0 heterocycles. The van der Waals surface area contributed by atoms with Crippen LogP contribution < -0.4 is 5.32 Å². The van der Waals surface area contributed by atoms with E-state index >= 15 is 0 Å². The average molecular weight is 385 g/mol. The van der Waals surface area contributed by atoms with E-state index in [4.69, 9.17) is 0 Å². The maximum absolute atomic E-state index is 9.79. The second kappa shape index (κ2) is 6.55. The second-order valence-electron chi connectivity index (χ2n) is 4.43. The zero-order valence-electron chi connectivity index (χ0n) is 10.5. The van der Waals surface area contributed by atoms with E-state index in [9.17, 15) is 5.11 Å². The van der Waals surface area contributed by atoms with E-state index in [2.05, 4.69) is 56.2 Å². The number of hydrogen-bond donors (Lipinski definition) is 2. The van der Waals surface area contributed by atoms with Crippen LogP contribution in [-0.2, 0) is 6.54 Å². The van der Waals surface area contributed by atoms with Gasteiger partial charge >= 0.3 is 0 Å². The molecule has 0 saturated heterocycles. The van der Waals surface area contributed by atoms with Crippen LogP contribution in [0, 0.1) is 0 Å². The molecule has 1 atom stereocenters. The minimum atomic E-state index is 0.218. The van der Waals surface area contributed by atoms with Crippen LogP contribution in [0.2, 0.25) is 0 Å². The van der Waals surface area contributed by atoms with Crippen molar-refractivity contribution < 1.29 is 5.11 Å². The van der Waals surface area contributed by atoms with Gasteiger partial charge in [-0.1, -0.05) is 44.0 Å². The van der Waals surface area contributed by atoms with Crippen molar-refractivity contribution in [1.82, 2.24) is 5.32 Å². The van der Waals surface area contributed by atoms with E-state index < -0.39 is 0 Å². The molecule has 0 aliphatic heterocycles. The van der Waals surface area contributed by atoms with Gasteiger partial charge in [-0.05, 0) is 42.8 Å². The van der Waals surface area contributed by atoms with Crippen molar-refractivity contribution in [2.75, 3.05) is 0 Å². The average Bonchev–Trinajstić information content (AvgIpc) is 2.39. The van der Waals surface area contributed by atoms with E-state index in [0.29, 0.717) is 12.3 Å². The highest BCUT2D eigenvalue weighted by Crippen LogP contribution is 2.23. The zero-order chi connectivity index (χ0) is 13.8. The lowest BCUT2D eigenvalue weighted by molar-refractivity contribution is 0.460. The second-order valence-corrected chi connectivity index (χ2v) is 6.26. The summed E-state index contributed by atoms with van der Waals surface area (Å²) in [4.78, 5) is 0. The van der Waals surface area contributed by atoms with E-state index in [1.807, 2.05) is 24.3 Å². The van der Waals surface area contributed by atoms with Crippen LogP contribution in [0.5, 0.6) is 5.75 Å². The van der Waals surface area contributed by atoms with E-state index in [-0.39, 0.29) is 6.04 Å². The van der Waals surface area contributed by atoms with Gasteiger partial charge in [-0.25, -0.2) is 0 Å². The molecular weight excluding hydrogens is 370 g/mol. The van der Waals surface area contributed by atoms with Gasteiger partial charge in [0, 0.05) is 27.1 Å². The van der Waals surface area contributed by atoms with Crippen LogP contribution >= 0.6 is 31.9 Å². The van der Waals surface area contributed by atoms with Gasteiger partial charge in [0.1, 0.15) is 5.75 Å². The largest absolute Gasteiger partial charge is 0.508 e. The third-order valence-electron chi connectivity index (χ3n) is 2.99. The predicted octanol–water partition coefficient (Wildman–Crippen LogP) is 4.77. The molecule has 0 bridgehead atoms. The van der Waals surface area contributed by atoms with Crippen LogP contribution in [0.15, 0.2) is 51.4 Å². The van der Waals surface area contributed by atoms with Crippen molar-refractivity contribution in [3.8, 4) is 5.75 Å². The van der Waals surface area contributed by atoms with Crippen molar-refractivity contribution in [2.24, 2.45) is 0 Å². The fourth-order valence-corrected chi connectivity index (χ4v) is 2.68. The Labute approximate surface area is 130 Å². The van der Waals surface area contributed by atoms with Crippen molar-refractivity contribution in [3.63, 3.8) is 0 Å². The number of phenols is 1. The lowest BCUT2D eigenvalue weighted by Gasteiger charge is -2.15. The molecule has 0 fully saturated rings. The number of rotatable bonds is 4. The van der Waals surface area contributed by atoms with Crippen LogP contribution in [0.3, 0.4) is 0 Å². The maximum Gasteiger partial charge on any atom is 0.120 e. The minimum Gasteiger partial charge on any atom is -0.508 e. The summed E-state index contributed by atoms with van der Waals surface area (Å²) in [5, 5.41) is 13.2. The Kier molecular flexibility index (Phi) is 5.02. The molecule has 0 aliphatic carbocycles. The number of halogens is 2. The Morgan fingerprint density at radius 2 is 1.84 bits per heavy atom. The van der Waals surface area contributed by atoms with Gasteiger partial charge in [-0.3, -0.25) is 0 Å². The smallest absolute Gasteiger partial charge is 0.120 e. The number of benzene rings is 2. The molecule has 0 amide bonds. The maximum atomic E-state index is 9.79. The van der Waals surface area contributed by atoms with Gasteiger partial charge in [-0.15, -0.1) is 0 Å². The molecule has 0 radical (unpaired) electrons. The molecule has 2 aromatic carbocycles. The summed E-state index contributed by atoms with van der Waals surface area (Å²) in [6.07, 6.45) is 0. The van der Waals surface area contributed by atoms with Crippen LogP contribution in [0.4, 0.5) is 0 Å². The van der Waals surface area contributed by atoms with Crippen LogP contribution in [0.1, 0.15) is 24.1 Å². The predicted molar refractivity (Wildman–Crippen MR) is 85.2 cm³/mol. The molecule has 0 spiro atoms. The van der Waals surface area contributed by atoms with Gasteiger partial charge in [0.2, 0.25) is 0 Å². The highest BCUT2D eigenvalue weighted by molar-refractivity contribution is 9.10. The van der Waals surface area contributed by atoms with Crippen molar-refractivity contribution in [1.29, 1.82) is 0 Å². The van der Waals surface area contributed by atoms with Gasteiger partial charge in [0.15, 0.2) is 0 Å². The van der Waals surface area contributed by atoms with Gasteiger partial charge < -0.3 is 10.4 Å². The molecule has 0 saturated carbocycles. The summed E-state index contributed by atoms with van der Waals surface area (Å²) in [7, 11) is 0. The van der Waals surface area contributed by atoms with Crippen LogP contribution in [0.25, 0.3) is 0 Å². The van der Waals surface area contributed by atoms with E-state index in [1.54, 1.807) is 6.07 Å². The number of hydrogen-bond acceptors (Lipinski definition) is 2. The molecular formula is C15H15Br2NO. The lowest BCUT2D eigenvalue weighted by atomic mass is 10.1. The van der Waals surface area contributed by atoms with Gasteiger partial charge in [0.05, 0.1) is 0 Å². The van der Waals surface area contributed by atoms with Crippen molar-refractivity contribution in [2.45, 2.75) is 19.5 Å². The first-order chi connectivity index (χ1) is 9.06. The lowest BCUT2D eigenvalue weighted by Crippen LogP contribution is -2.18. The Balaban J connectivity index is 2.04. The highest BCUT2D eigenvalue weighted by atomic mass is 79.9. The molecule has 2 nitrogen and oxygen atoms in total. The number of nitrogens with one attached hydrogen (secondary N) is 1. The topological polar surface area (TPSA) is 32.3 Å². The highest BCUT2D eigenvalue weighted by Gasteiger charge is 2.07. The standard InChI is InChI=1S/C15H15Br2NO/c1-10(11-3-2-4-13(16)7-11)18-9-12-8-14(17)5-6-15(12)19/h2-8,10,18-19H,9H2,1H3. The fraction of sp³-hybridized carbons (Fsp3) is 0.200. The van der Waals surface area contributed by atoms with Gasteiger partial charge in [-0.2, -0.15) is 0 Å². The fourth-order valence-electron chi connectivity index (χ4n) is 1.85. The first kappa shape index (κ1) is 14.6. The van der Waals surface area contributed by atoms with Gasteiger partial charge in [0.25, 0.3) is 0 Å². The summed E-state index contributed by atoms with van der Waals surface area (Å²) in [5.74, 6) is 0.317. The quantitative estimate of drug-likeness (QED) is 0.795. The summed E-state index contributed by atoms with van der Waals surface area (Å²) < 4.78 is 2.04. The molecule has 2 N–H and O–H groups in total. The molecule has 0 aliphatic rings. The molecule has 2 aromatic rings. The Morgan fingerprint density at radius 1 is 1.11 bits per heavy atom. The van der Waals surface area contributed by atoms with Crippen molar-refractivity contribution in [3.05, 3.63) is 62.5 Å². The molecule has 100 valence electrons. The Bertz CT molecular complexity index is 572. The number of phenolic OH excluding ortho intramolecular Hbond substituents is 1. The molecule has 19 heavy (non-hydrogen) atoms. The zero-order valence-corrected chi connectivity index (χ0v) is 13.7. The van der Waals surface area contributed by atoms with E-state index in [0.717, 1.165) is 14.5 Å². The Morgan fingerprint density at radius 3 is 2.58 bits per heavy atom. The number of aromatic hydroxyl groups is 1. The summed E-state index contributed by atoms with van der Waals surface area (Å²) in [5.41, 5.74) is 2.10. The molecule has 4 heteroatoms. The minimum absolute atomic E-state index is 0.218. The monoisotopic (exact) mass is 383 g/mol. The first-order valence-corrected chi connectivity index (χ1v) is 7.61. The summed E-state index contributed by atoms with van der Waals surface area (Å²) in [6, 6.07) is 13.9.